The molecule has 2 fully saturated rings. The molecule has 0 spiro atoms. The minimum absolute atomic E-state index is 0.498. The van der Waals surface area contributed by atoms with E-state index in [9.17, 15) is 0 Å². The Kier molecular flexibility index (Phi) is 3.25. The van der Waals surface area contributed by atoms with E-state index in [0.29, 0.717) is 12.1 Å². The number of ether oxygens (including phenoxy) is 1. The Bertz CT molecular complexity index is 195. The van der Waals surface area contributed by atoms with Crippen LogP contribution in [0.4, 0.5) is 0 Å². The van der Waals surface area contributed by atoms with Crippen LogP contribution >= 0.6 is 11.6 Å². The summed E-state index contributed by atoms with van der Waals surface area (Å²) in [5, 5.41) is 0. The Morgan fingerprint density at radius 1 is 1.46 bits per heavy atom. The van der Waals surface area contributed by atoms with Gasteiger partial charge in [0.2, 0.25) is 0 Å². The van der Waals surface area contributed by atoms with E-state index in [1.807, 2.05) is 6.08 Å². The maximum Gasteiger partial charge on any atom is 0.0731 e. The third kappa shape index (κ3) is 2.06. The zero-order valence-corrected chi connectivity index (χ0v) is 8.54. The number of hydrogen-bond acceptors (Lipinski definition) is 2. The highest BCUT2D eigenvalue weighted by molar-refractivity contribution is 6.25. The zero-order chi connectivity index (χ0) is 9.10. The van der Waals surface area contributed by atoms with E-state index in [2.05, 4.69) is 4.90 Å². The van der Waals surface area contributed by atoms with Gasteiger partial charge in [-0.1, -0.05) is 17.7 Å². The maximum atomic E-state index is 5.71. The molecule has 0 N–H and O–H groups in total. The minimum Gasteiger partial charge on any atom is -0.375 e. The third-order valence-corrected chi connectivity index (χ3v) is 3.20. The predicted molar refractivity (Wildman–Crippen MR) is 53.9 cm³/mol. The minimum atomic E-state index is 0.498. The van der Waals surface area contributed by atoms with Crippen molar-refractivity contribution in [3.8, 4) is 0 Å². The first-order valence-electron chi connectivity index (χ1n) is 5.02. The first-order chi connectivity index (χ1) is 6.42. The highest BCUT2D eigenvalue weighted by Gasteiger charge is 2.35. The molecule has 0 aromatic rings. The van der Waals surface area contributed by atoms with E-state index in [-0.39, 0.29) is 0 Å². The van der Waals surface area contributed by atoms with Gasteiger partial charge in [-0.25, -0.2) is 0 Å². The van der Waals surface area contributed by atoms with Gasteiger partial charge in [0, 0.05) is 24.7 Å². The van der Waals surface area contributed by atoms with Crippen LogP contribution in [0.15, 0.2) is 11.6 Å². The molecule has 0 amide bonds. The van der Waals surface area contributed by atoms with Crippen molar-refractivity contribution in [3.05, 3.63) is 11.6 Å². The lowest BCUT2D eigenvalue weighted by molar-refractivity contribution is -0.0511. The van der Waals surface area contributed by atoms with E-state index in [4.69, 9.17) is 16.3 Å². The summed E-state index contributed by atoms with van der Waals surface area (Å²) < 4.78 is 5.71. The van der Waals surface area contributed by atoms with E-state index < -0.39 is 0 Å². The molecule has 1 aliphatic heterocycles. The first kappa shape index (κ1) is 9.50. The Morgan fingerprint density at radius 3 is 3.23 bits per heavy atom. The molecular formula is C10H16ClNO. The van der Waals surface area contributed by atoms with Gasteiger partial charge >= 0.3 is 0 Å². The van der Waals surface area contributed by atoms with Crippen LogP contribution in [-0.4, -0.2) is 36.7 Å². The van der Waals surface area contributed by atoms with E-state index in [0.717, 1.165) is 19.7 Å². The molecule has 0 radical (unpaired) electrons. The molecule has 1 saturated carbocycles. The molecule has 74 valence electrons. The fraction of sp³-hybridized carbons (Fsp3) is 0.800. The molecule has 2 rings (SSSR count). The summed E-state index contributed by atoms with van der Waals surface area (Å²) in [5.41, 5.74) is 1.61. The molecule has 0 aromatic heterocycles. The molecule has 1 aliphatic carbocycles. The van der Waals surface area contributed by atoms with Gasteiger partial charge in [0.1, 0.15) is 0 Å². The summed E-state index contributed by atoms with van der Waals surface area (Å²) in [5.74, 6) is 0. The lowest BCUT2D eigenvalue weighted by Crippen LogP contribution is -2.48. The smallest absolute Gasteiger partial charge is 0.0731 e. The van der Waals surface area contributed by atoms with Crippen molar-refractivity contribution in [1.82, 2.24) is 4.90 Å². The Hall–Kier alpha value is -0.0500. The van der Waals surface area contributed by atoms with Gasteiger partial charge in [-0.15, -0.1) is 0 Å². The van der Waals surface area contributed by atoms with Crippen molar-refractivity contribution in [3.63, 3.8) is 0 Å². The maximum absolute atomic E-state index is 5.71. The first-order valence-corrected chi connectivity index (χ1v) is 5.46. The quantitative estimate of drug-likeness (QED) is 0.678. The number of halogens is 1. The van der Waals surface area contributed by atoms with Crippen molar-refractivity contribution in [2.75, 3.05) is 19.7 Å². The molecule has 3 heteroatoms. The molecule has 1 saturated heterocycles. The number of rotatable bonds is 2. The van der Waals surface area contributed by atoms with Crippen LogP contribution in [0.3, 0.4) is 0 Å². The van der Waals surface area contributed by atoms with Crippen LogP contribution in [0.1, 0.15) is 19.3 Å². The molecule has 2 nitrogen and oxygen atoms in total. The lowest BCUT2D eigenvalue weighted by Gasteiger charge is -2.36. The van der Waals surface area contributed by atoms with Gasteiger partial charge in [0.15, 0.2) is 0 Å². The van der Waals surface area contributed by atoms with Crippen LogP contribution in [0.25, 0.3) is 0 Å². The predicted octanol–water partition coefficient (Wildman–Crippen LogP) is 1.99. The number of hydrogen-bond donors (Lipinski definition) is 0. The standard InChI is InChI=1S/C10H16ClNO/c11-5-2-6-12-7-8-13-10-4-1-3-9(10)12/h2,5,9-10H,1,3-4,6-8H2/b5-2+. The van der Waals surface area contributed by atoms with Crippen molar-refractivity contribution >= 4 is 11.6 Å². The summed E-state index contributed by atoms with van der Waals surface area (Å²) in [4.78, 5) is 2.49. The highest BCUT2D eigenvalue weighted by Crippen LogP contribution is 2.29. The second-order valence-electron chi connectivity index (χ2n) is 3.76. The second kappa shape index (κ2) is 4.45. The highest BCUT2D eigenvalue weighted by atomic mass is 35.5. The van der Waals surface area contributed by atoms with E-state index in [1.54, 1.807) is 5.54 Å². The van der Waals surface area contributed by atoms with Gasteiger partial charge in [0.05, 0.1) is 12.7 Å². The van der Waals surface area contributed by atoms with Crippen LogP contribution in [0, 0.1) is 0 Å². The van der Waals surface area contributed by atoms with Crippen molar-refractivity contribution < 1.29 is 4.74 Å². The molecular weight excluding hydrogens is 186 g/mol. The molecule has 1 heterocycles. The summed E-state index contributed by atoms with van der Waals surface area (Å²) in [6.45, 7) is 2.92. The molecule has 2 unspecified atom stereocenters. The molecule has 2 aliphatic rings. The monoisotopic (exact) mass is 201 g/mol. The second-order valence-corrected chi connectivity index (χ2v) is 4.02. The van der Waals surface area contributed by atoms with Crippen LogP contribution < -0.4 is 0 Å². The van der Waals surface area contributed by atoms with Gasteiger partial charge < -0.3 is 4.74 Å². The molecule has 2 atom stereocenters. The van der Waals surface area contributed by atoms with Crippen molar-refractivity contribution in [1.29, 1.82) is 0 Å². The summed E-state index contributed by atoms with van der Waals surface area (Å²) in [7, 11) is 0. The summed E-state index contributed by atoms with van der Waals surface area (Å²) in [6, 6.07) is 0.654. The zero-order valence-electron chi connectivity index (χ0n) is 7.79. The summed E-state index contributed by atoms with van der Waals surface area (Å²) >= 11 is 5.53. The summed E-state index contributed by atoms with van der Waals surface area (Å²) in [6.07, 6.45) is 6.36. The SMILES string of the molecule is Cl/C=C/CN1CCOC2CCCC21. The van der Waals surface area contributed by atoms with Gasteiger partial charge in [-0.3, -0.25) is 4.90 Å². The Morgan fingerprint density at radius 2 is 2.38 bits per heavy atom. The van der Waals surface area contributed by atoms with Crippen LogP contribution in [-0.2, 0) is 4.74 Å². The number of fused-ring (bicyclic) bond motifs is 1. The van der Waals surface area contributed by atoms with Gasteiger partial charge in [-0.05, 0) is 19.3 Å². The van der Waals surface area contributed by atoms with E-state index >= 15 is 0 Å². The van der Waals surface area contributed by atoms with E-state index in [1.165, 1.54) is 19.3 Å². The third-order valence-electron chi connectivity index (χ3n) is 3.03. The fourth-order valence-corrected chi connectivity index (χ4v) is 2.49. The fourth-order valence-electron chi connectivity index (χ4n) is 2.41. The molecule has 0 bridgehead atoms. The van der Waals surface area contributed by atoms with Crippen molar-refractivity contribution in [2.45, 2.75) is 31.4 Å². The number of nitrogens with zero attached hydrogens (tertiary/aromatic N) is 1. The Labute approximate surface area is 84.5 Å². The normalized spacial score (nSPS) is 35.5. The molecule has 0 aromatic carbocycles. The number of morpholine rings is 1. The molecule has 13 heavy (non-hydrogen) atoms. The average molecular weight is 202 g/mol. The van der Waals surface area contributed by atoms with Crippen molar-refractivity contribution in [2.24, 2.45) is 0 Å². The van der Waals surface area contributed by atoms with Gasteiger partial charge in [-0.2, -0.15) is 0 Å². The van der Waals surface area contributed by atoms with Crippen LogP contribution in [0.5, 0.6) is 0 Å². The largest absolute Gasteiger partial charge is 0.375 e. The van der Waals surface area contributed by atoms with Crippen LogP contribution in [0.2, 0.25) is 0 Å². The topological polar surface area (TPSA) is 12.5 Å². The Balaban J connectivity index is 1.93. The van der Waals surface area contributed by atoms with Gasteiger partial charge in [0.25, 0.3) is 0 Å². The average Bonchev–Trinajstić information content (AvgIpc) is 2.62. The lowest BCUT2D eigenvalue weighted by atomic mass is 10.1.